The van der Waals surface area contributed by atoms with Gasteiger partial charge in [0.2, 0.25) is 11.8 Å². The second kappa shape index (κ2) is 15.2. The molecule has 0 atom stereocenters. The lowest BCUT2D eigenvalue weighted by atomic mass is 10.1. The summed E-state index contributed by atoms with van der Waals surface area (Å²) in [5.41, 5.74) is 6.67. The fourth-order valence-corrected chi connectivity index (χ4v) is 3.58. The zero-order valence-electron chi connectivity index (χ0n) is 19.1. The molecular formula is C24H28Br2N4O4. The lowest BCUT2D eigenvalue weighted by Crippen LogP contribution is -2.17. The smallest absolute Gasteiger partial charge is 0.240 e. The van der Waals surface area contributed by atoms with Crippen molar-refractivity contribution in [3.8, 4) is 11.5 Å². The third-order valence-electron chi connectivity index (χ3n) is 4.75. The number of unbranched alkanes of at least 4 members (excludes halogenated alkanes) is 3. The highest BCUT2D eigenvalue weighted by Crippen LogP contribution is 2.21. The number of benzene rings is 2. The van der Waals surface area contributed by atoms with Gasteiger partial charge in [-0.25, -0.2) is 10.9 Å². The minimum absolute atomic E-state index is 0.147. The van der Waals surface area contributed by atoms with Crippen LogP contribution in [0.2, 0.25) is 0 Å². The van der Waals surface area contributed by atoms with Crippen LogP contribution in [0.25, 0.3) is 0 Å². The molecule has 0 saturated heterocycles. The van der Waals surface area contributed by atoms with E-state index in [0.717, 1.165) is 45.8 Å². The van der Waals surface area contributed by atoms with Gasteiger partial charge in [0.25, 0.3) is 0 Å². The molecule has 2 N–H and O–H groups in total. The van der Waals surface area contributed by atoms with Gasteiger partial charge in [-0.3, -0.25) is 9.59 Å². The summed E-state index contributed by atoms with van der Waals surface area (Å²) >= 11 is 6.87. The predicted octanol–water partition coefficient (Wildman–Crippen LogP) is 5.17. The summed E-state index contributed by atoms with van der Waals surface area (Å²) in [6.45, 7) is 0. The van der Waals surface area contributed by atoms with Gasteiger partial charge in [-0.05, 0) is 49.2 Å². The van der Waals surface area contributed by atoms with Gasteiger partial charge in [-0.2, -0.15) is 10.2 Å². The van der Waals surface area contributed by atoms with E-state index in [9.17, 15) is 9.59 Å². The van der Waals surface area contributed by atoms with E-state index in [0.29, 0.717) is 24.3 Å². The van der Waals surface area contributed by atoms with Crippen molar-refractivity contribution < 1.29 is 19.1 Å². The lowest BCUT2D eigenvalue weighted by molar-refractivity contribution is -0.122. The zero-order valence-corrected chi connectivity index (χ0v) is 22.3. The molecule has 2 aromatic rings. The first-order valence-electron chi connectivity index (χ1n) is 10.7. The number of hydrogen-bond donors (Lipinski definition) is 2. The quantitative estimate of drug-likeness (QED) is 0.189. The standard InChI is InChI=1S/C24H28Br2N4O4/c1-33-19-9-11-21(25)17(13-19)15-27-29-23(31)7-5-3-4-6-8-24(32)30-28-16-18-14-20(34-2)10-12-22(18)26/h9-16H,3-8H2,1-2H3,(H,29,31)(H,30,32). The molecule has 0 heterocycles. The van der Waals surface area contributed by atoms with Crippen LogP contribution in [0.5, 0.6) is 11.5 Å². The molecule has 0 aromatic heterocycles. The summed E-state index contributed by atoms with van der Waals surface area (Å²) in [4.78, 5) is 23.9. The molecule has 0 unspecified atom stereocenters. The molecule has 2 amide bonds. The maximum Gasteiger partial charge on any atom is 0.240 e. The van der Waals surface area contributed by atoms with Crippen molar-refractivity contribution in [2.75, 3.05) is 14.2 Å². The van der Waals surface area contributed by atoms with Gasteiger partial charge in [-0.1, -0.05) is 44.7 Å². The van der Waals surface area contributed by atoms with Gasteiger partial charge in [0.05, 0.1) is 26.6 Å². The number of ether oxygens (including phenoxy) is 2. The normalized spacial score (nSPS) is 11.1. The first kappa shape index (κ1) is 27.5. The van der Waals surface area contributed by atoms with Crippen LogP contribution in [-0.2, 0) is 9.59 Å². The van der Waals surface area contributed by atoms with Crippen LogP contribution < -0.4 is 20.3 Å². The van der Waals surface area contributed by atoms with Crippen LogP contribution in [0, 0.1) is 0 Å². The Balaban J connectivity index is 1.58. The van der Waals surface area contributed by atoms with Crippen LogP contribution in [0.1, 0.15) is 49.7 Å². The average Bonchev–Trinajstić information content (AvgIpc) is 2.83. The molecule has 8 nitrogen and oxygen atoms in total. The van der Waals surface area contributed by atoms with Gasteiger partial charge >= 0.3 is 0 Å². The number of carbonyl (C=O) groups is 2. The summed E-state index contributed by atoms with van der Waals surface area (Å²) in [5, 5.41) is 7.99. The molecule has 182 valence electrons. The summed E-state index contributed by atoms with van der Waals surface area (Å²) in [7, 11) is 3.19. The summed E-state index contributed by atoms with van der Waals surface area (Å²) in [5.74, 6) is 1.12. The Labute approximate surface area is 216 Å². The number of methoxy groups -OCH3 is 2. The monoisotopic (exact) mass is 594 g/mol. The average molecular weight is 596 g/mol. The largest absolute Gasteiger partial charge is 0.497 e. The number of carbonyl (C=O) groups excluding carboxylic acids is 2. The molecule has 2 rings (SSSR count). The topological polar surface area (TPSA) is 101 Å². The van der Waals surface area contributed by atoms with Crippen LogP contribution in [0.15, 0.2) is 55.5 Å². The minimum atomic E-state index is -0.147. The van der Waals surface area contributed by atoms with Crippen molar-refractivity contribution in [3.63, 3.8) is 0 Å². The molecule has 0 aliphatic carbocycles. The summed E-state index contributed by atoms with van der Waals surface area (Å²) in [6.07, 6.45) is 7.06. The Hall–Kier alpha value is -2.72. The van der Waals surface area contributed by atoms with Gasteiger partial charge < -0.3 is 9.47 Å². The van der Waals surface area contributed by atoms with E-state index in [2.05, 4.69) is 52.9 Å². The highest BCUT2D eigenvalue weighted by atomic mass is 79.9. The molecule has 34 heavy (non-hydrogen) atoms. The van der Waals surface area contributed by atoms with Crippen molar-refractivity contribution in [2.24, 2.45) is 10.2 Å². The van der Waals surface area contributed by atoms with Crippen molar-refractivity contribution in [3.05, 3.63) is 56.5 Å². The SMILES string of the molecule is COc1ccc(Br)c(C=NNC(=O)CCCCCCC(=O)NN=Cc2cc(OC)ccc2Br)c1. The molecule has 0 spiro atoms. The number of halogens is 2. The Morgan fingerprint density at radius 2 is 1.18 bits per heavy atom. The number of nitrogens with zero attached hydrogens (tertiary/aromatic N) is 2. The summed E-state index contributed by atoms with van der Waals surface area (Å²) in [6, 6.07) is 11.0. The van der Waals surface area contributed by atoms with Crippen LogP contribution >= 0.6 is 31.9 Å². The molecule has 0 fully saturated rings. The molecule has 2 aromatic carbocycles. The minimum Gasteiger partial charge on any atom is -0.497 e. The Morgan fingerprint density at radius 1 is 0.765 bits per heavy atom. The van der Waals surface area contributed by atoms with Crippen molar-refractivity contribution in [2.45, 2.75) is 38.5 Å². The molecule has 0 bridgehead atoms. The lowest BCUT2D eigenvalue weighted by Gasteiger charge is -2.04. The Morgan fingerprint density at radius 3 is 1.56 bits per heavy atom. The van der Waals surface area contributed by atoms with E-state index in [-0.39, 0.29) is 11.8 Å². The van der Waals surface area contributed by atoms with E-state index < -0.39 is 0 Å². The molecular weight excluding hydrogens is 568 g/mol. The van der Waals surface area contributed by atoms with E-state index in [1.54, 1.807) is 26.6 Å². The maximum atomic E-state index is 11.9. The van der Waals surface area contributed by atoms with Gasteiger partial charge in [0.15, 0.2) is 0 Å². The first-order chi connectivity index (χ1) is 16.4. The van der Waals surface area contributed by atoms with E-state index >= 15 is 0 Å². The number of nitrogens with one attached hydrogen (secondary N) is 2. The van der Waals surface area contributed by atoms with Crippen LogP contribution in [-0.4, -0.2) is 38.5 Å². The highest BCUT2D eigenvalue weighted by molar-refractivity contribution is 9.10. The first-order valence-corrected chi connectivity index (χ1v) is 12.3. The predicted molar refractivity (Wildman–Crippen MR) is 141 cm³/mol. The molecule has 0 aliphatic rings. The van der Waals surface area contributed by atoms with E-state index in [1.165, 1.54) is 0 Å². The third-order valence-corrected chi connectivity index (χ3v) is 6.19. The van der Waals surface area contributed by atoms with Crippen molar-refractivity contribution >= 4 is 56.1 Å². The number of hydrazone groups is 2. The molecule has 10 heteroatoms. The third kappa shape index (κ3) is 10.0. The van der Waals surface area contributed by atoms with Crippen LogP contribution in [0.4, 0.5) is 0 Å². The fraction of sp³-hybridized carbons (Fsp3) is 0.333. The number of rotatable bonds is 13. The van der Waals surface area contributed by atoms with E-state index in [1.807, 2.05) is 36.4 Å². The number of amides is 2. The van der Waals surface area contributed by atoms with E-state index in [4.69, 9.17) is 9.47 Å². The Bertz CT molecular complexity index is 947. The van der Waals surface area contributed by atoms with Gasteiger partial charge in [-0.15, -0.1) is 0 Å². The van der Waals surface area contributed by atoms with Gasteiger partial charge in [0.1, 0.15) is 11.5 Å². The maximum absolute atomic E-state index is 11.9. The molecule has 0 saturated carbocycles. The second-order valence-corrected chi connectivity index (χ2v) is 8.98. The highest BCUT2D eigenvalue weighted by Gasteiger charge is 2.04. The fourth-order valence-electron chi connectivity index (χ4n) is 2.88. The van der Waals surface area contributed by atoms with Crippen molar-refractivity contribution in [1.82, 2.24) is 10.9 Å². The Kier molecular flexibility index (Phi) is 12.3. The second-order valence-electron chi connectivity index (χ2n) is 7.28. The van der Waals surface area contributed by atoms with Crippen LogP contribution in [0.3, 0.4) is 0 Å². The number of hydrogen-bond acceptors (Lipinski definition) is 6. The molecule has 0 aliphatic heterocycles. The zero-order chi connectivity index (χ0) is 24.8. The summed E-state index contributed by atoms with van der Waals surface area (Å²) < 4.78 is 12.1. The molecule has 0 radical (unpaired) electrons. The van der Waals surface area contributed by atoms with Crippen molar-refractivity contribution in [1.29, 1.82) is 0 Å². The van der Waals surface area contributed by atoms with Gasteiger partial charge in [0, 0.05) is 32.9 Å².